The zero-order valence-corrected chi connectivity index (χ0v) is 22.4. The van der Waals surface area contributed by atoms with Crippen LogP contribution in [0.1, 0.15) is 57.8 Å². The molecule has 1 aromatic heterocycles. The summed E-state index contributed by atoms with van der Waals surface area (Å²) in [4.78, 5) is 66.4. The highest BCUT2D eigenvalue weighted by atomic mass is 31.2. The molecule has 206 valence electrons. The van der Waals surface area contributed by atoms with Crippen LogP contribution in [0.25, 0.3) is 0 Å². The van der Waals surface area contributed by atoms with Crippen molar-refractivity contribution in [2.75, 3.05) is 19.9 Å². The van der Waals surface area contributed by atoms with Crippen molar-refractivity contribution in [1.82, 2.24) is 15.2 Å². The Balaban J connectivity index is 2.38. The van der Waals surface area contributed by atoms with E-state index in [9.17, 15) is 18.9 Å². The predicted molar refractivity (Wildman–Crippen MR) is 138 cm³/mol. The molecule has 0 saturated carbocycles. The third-order valence-corrected chi connectivity index (χ3v) is 5.69. The summed E-state index contributed by atoms with van der Waals surface area (Å²) in [7, 11) is -4.85. The minimum atomic E-state index is -4.85. The first-order valence-corrected chi connectivity index (χ1v) is 13.1. The number of ether oxygens (including phenoxy) is 1. The molecule has 0 aliphatic rings. The van der Waals surface area contributed by atoms with Crippen LogP contribution in [0.2, 0.25) is 0 Å². The number of aryl methyl sites for hydroxylation is 1. The van der Waals surface area contributed by atoms with Gasteiger partial charge in [-0.2, -0.15) is 0 Å². The van der Waals surface area contributed by atoms with Crippen LogP contribution >= 0.6 is 7.82 Å². The van der Waals surface area contributed by atoms with Crippen molar-refractivity contribution in [2.45, 2.75) is 34.1 Å². The van der Waals surface area contributed by atoms with Crippen LogP contribution in [0.15, 0.2) is 29.4 Å². The number of phosphoric acid groups is 1. The summed E-state index contributed by atoms with van der Waals surface area (Å²) in [5.74, 6) is -0.709. The van der Waals surface area contributed by atoms with E-state index in [0.29, 0.717) is 29.1 Å². The van der Waals surface area contributed by atoms with Gasteiger partial charge in [-0.3, -0.25) is 9.59 Å². The highest BCUT2D eigenvalue weighted by molar-refractivity contribution is 7.46. The molecule has 2 rings (SSSR count). The molecule has 2 aromatic rings. The number of amides is 3. The number of aromatic amines is 1. The van der Waals surface area contributed by atoms with Crippen molar-refractivity contribution in [3.8, 4) is 0 Å². The van der Waals surface area contributed by atoms with E-state index in [2.05, 4.69) is 29.5 Å². The quantitative estimate of drug-likeness (QED) is 0.105. The van der Waals surface area contributed by atoms with Gasteiger partial charge in [0.05, 0.1) is 5.56 Å². The van der Waals surface area contributed by atoms with Crippen molar-refractivity contribution in [3.63, 3.8) is 0 Å². The number of rotatable bonds is 10. The molecule has 1 aromatic carbocycles. The summed E-state index contributed by atoms with van der Waals surface area (Å²) in [5, 5.41) is 2.81. The maximum absolute atomic E-state index is 13.1. The molecule has 7 N–H and O–H groups in total. The predicted octanol–water partition coefficient (Wildman–Crippen LogP) is 0.583. The lowest BCUT2D eigenvalue weighted by molar-refractivity contribution is -0.309. The lowest BCUT2D eigenvalue weighted by atomic mass is 10.1. The van der Waals surface area contributed by atoms with Gasteiger partial charge in [-0.05, 0) is 50.5 Å². The van der Waals surface area contributed by atoms with E-state index in [-0.39, 0.29) is 23.9 Å². The number of carbonyl (C=O) groups is 3. The molecule has 0 saturated heterocycles. The lowest BCUT2D eigenvalue weighted by Gasteiger charge is -2.18. The molecule has 38 heavy (non-hydrogen) atoms. The van der Waals surface area contributed by atoms with E-state index < -0.39 is 26.6 Å². The first kappa shape index (κ1) is 30.4. The van der Waals surface area contributed by atoms with Gasteiger partial charge in [0.15, 0.2) is 6.34 Å². The Bertz CT molecular complexity index is 1280. The van der Waals surface area contributed by atoms with E-state index in [4.69, 9.17) is 15.5 Å². The van der Waals surface area contributed by atoms with Gasteiger partial charge in [-0.15, -0.1) is 4.99 Å². The Morgan fingerprint density at radius 1 is 1.26 bits per heavy atom. The molecule has 0 fully saturated rings. The topological polar surface area (TPSA) is 211 Å². The average molecular weight is 552 g/mol. The Hall–Kier alpha value is -3.84. The van der Waals surface area contributed by atoms with Gasteiger partial charge >= 0.3 is 13.9 Å². The first-order valence-electron chi connectivity index (χ1n) is 11.6. The fourth-order valence-corrected chi connectivity index (χ4v) is 3.45. The smallest absolute Gasteiger partial charge is 0.421 e. The monoisotopic (exact) mass is 551 g/mol. The molecule has 3 amide bonds. The molecule has 0 aliphatic heterocycles. The van der Waals surface area contributed by atoms with E-state index in [1.165, 1.54) is 13.1 Å². The summed E-state index contributed by atoms with van der Waals surface area (Å²) in [6.45, 7) is 6.35. The number of hydrogen-bond donors (Lipinski definition) is 6. The number of nitrogens with two attached hydrogens (primary N) is 1. The Morgan fingerprint density at radius 2 is 1.97 bits per heavy atom. The Labute approximate surface area is 219 Å². The average Bonchev–Trinajstić information content (AvgIpc) is 3.24. The van der Waals surface area contributed by atoms with Gasteiger partial charge < -0.3 is 30.6 Å². The number of hydrogen-bond acceptors (Lipinski definition) is 7. The summed E-state index contributed by atoms with van der Waals surface area (Å²) >= 11 is 0. The van der Waals surface area contributed by atoms with Crippen LogP contribution in [0.5, 0.6) is 0 Å². The number of aromatic nitrogens is 1. The van der Waals surface area contributed by atoms with Gasteiger partial charge in [0.2, 0.25) is 6.79 Å². The van der Waals surface area contributed by atoms with E-state index in [0.717, 1.165) is 23.2 Å². The molecule has 0 spiro atoms. The van der Waals surface area contributed by atoms with Crippen LogP contribution < -0.4 is 16.0 Å². The Morgan fingerprint density at radius 3 is 2.58 bits per heavy atom. The molecule has 0 unspecified atom stereocenters. The maximum atomic E-state index is 13.1. The number of nitrogens with zero attached hydrogens (tertiary/aromatic N) is 2. The highest BCUT2D eigenvalue weighted by Crippen LogP contribution is 2.35. The Kier molecular flexibility index (Phi) is 10.9. The summed E-state index contributed by atoms with van der Waals surface area (Å²) in [6.07, 6.45) is 2.18. The molecular weight excluding hydrogens is 519 g/mol. The summed E-state index contributed by atoms with van der Waals surface area (Å²) in [6, 6.07) is 5.10. The third-order valence-electron chi connectivity index (χ3n) is 5.25. The zero-order chi connectivity index (χ0) is 28.5. The van der Waals surface area contributed by atoms with Crippen molar-refractivity contribution >= 4 is 43.6 Å². The number of benzene rings is 1. The minimum absolute atomic E-state index is 0.0879. The van der Waals surface area contributed by atoms with Crippen LogP contribution in [-0.2, 0) is 13.8 Å². The third kappa shape index (κ3) is 8.08. The molecule has 0 radical (unpaired) electrons. The van der Waals surface area contributed by atoms with Gasteiger partial charge in [0, 0.05) is 24.8 Å². The largest absolute Gasteiger partial charge is 0.472 e. The van der Waals surface area contributed by atoms with E-state index in [1.54, 1.807) is 25.1 Å². The number of imide groups is 1. The molecule has 14 nitrogen and oxygen atoms in total. The number of nitrogens with one attached hydrogen (secondary N) is 3. The molecule has 0 bridgehead atoms. The van der Waals surface area contributed by atoms with E-state index in [1.807, 2.05) is 13.8 Å². The van der Waals surface area contributed by atoms with Crippen LogP contribution in [0.4, 0.5) is 10.5 Å². The molecular formula is C23H32N6O8P+. The van der Waals surface area contributed by atoms with Crippen molar-refractivity contribution in [1.29, 1.82) is 0 Å². The number of phosphoric ester groups is 1. The number of amidine groups is 1. The molecule has 15 heteroatoms. The maximum Gasteiger partial charge on any atom is 0.472 e. The van der Waals surface area contributed by atoms with E-state index >= 15 is 0 Å². The number of carbonyl (C=O) groups excluding carboxylic acids is 3. The second-order valence-corrected chi connectivity index (χ2v) is 9.17. The van der Waals surface area contributed by atoms with Gasteiger partial charge in [-0.1, -0.05) is 13.0 Å². The lowest BCUT2D eigenvalue weighted by Crippen LogP contribution is -2.75. The molecule has 0 aliphatic carbocycles. The van der Waals surface area contributed by atoms with Crippen LogP contribution in [0, 0.1) is 13.8 Å². The first-order chi connectivity index (χ1) is 17.9. The zero-order valence-electron chi connectivity index (χ0n) is 21.5. The number of H-pyrrole nitrogens is 1. The van der Waals surface area contributed by atoms with Gasteiger partial charge in [0.25, 0.3) is 17.6 Å². The standard InChI is InChI=1S/C23H31N6O8P/c1-5-9-25-21(30)16-8-7-14(3)18(10-16)28-20(27-12-24)19-15(4)17(11-26-19)22(31)29(6-2)23(32)36-13-37-38(33,34)35/h7-8,10-12,26H,5-6,9,13H2,1-4H3,(H,25,30)(H2,24,27,28)(H2,33,34,35)/p+1. The minimum Gasteiger partial charge on any atom is -0.421 e. The van der Waals surface area contributed by atoms with Crippen LogP contribution in [-0.4, -0.2) is 69.6 Å². The van der Waals surface area contributed by atoms with Crippen molar-refractivity contribution < 1.29 is 43.0 Å². The normalized spacial score (nSPS) is 12.0. The number of aliphatic imine (C=N–C) groups is 1. The fraction of sp³-hybridized carbons (Fsp3) is 0.348. The second kappa shape index (κ2) is 13.6. The molecule has 0 atom stereocenters. The van der Waals surface area contributed by atoms with Crippen molar-refractivity contribution in [2.24, 2.45) is 10.7 Å². The van der Waals surface area contributed by atoms with Gasteiger partial charge in [0.1, 0.15) is 11.4 Å². The van der Waals surface area contributed by atoms with Gasteiger partial charge in [-0.25, -0.2) is 23.8 Å². The fourth-order valence-electron chi connectivity index (χ4n) is 3.26. The highest BCUT2D eigenvalue weighted by Gasteiger charge is 2.28. The summed E-state index contributed by atoms with van der Waals surface area (Å²) < 4.78 is 19.5. The summed E-state index contributed by atoms with van der Waals surface area (Å²) in [5.41, 5.74) is 8.23. The van der Waals surface area contributed by atoms with Crippen molar-refractivity contribution in [3.05, 3.63) is 52.3 Å². The molecule has 1 heterocycles. The SMILES string of the molecule is CCCNC(=O)c1ccc(C)c(N=C([NH+]=CN)c2[nH]cc(C(=O)N(CC)C(=O)OCOP(=O)(O)O)c2C)c1. The second-order valence-electron chi connectivity index (χ2n) is 7.93. The van der Waals surface area contributed by atoms with Crippen LogP contribution in [0.3, 0.4) is 0 Å².